The third-order valence-electron chi connectivity index (χ3n) is 11.4. The van der Waals surface area contributed by atoms with Crippen molar-refractivity contribution in [3.8, 4) is 22.5 Å². The Hall–Kier alpha value is -7.76. The van der Waals surface area contributed by atoms with E-state index in [0.717, 1.165) is 83.2 Å². The van der Waals surface area contributed by atoms with E-state index in [0.29, 0.717) is 0 Å². The number of hydrogen-bond acceptors (Lipinski definition) is 5. The van der Waals surface area contributed by atoms with E-state index in [2.05, 4.69) is 157 Å². The highest BCUT2D eigenvalue weighted by molar-refractivity contribution is 6.28. The molecule has 0 aliphatic rings. The second kappa shape index (κ2) is 12.4. The monoisotopic (exact) mass is 725 g/mol. The van der Waals surface area contributed by atoms with E-state index in [1.54, 1.807) is 0 Å². The quantitative estimate of drug-likeness (QED) is 0.165. The van der Waals surface area contributed by atoms with Crippen molar-refractivity contribution in [2.45, 2.75) is 0 Å². The number of pyridine rings is 4. The third kappa shape index (κ3) is 4.96. The molecular weight excluding hydrogens is 695 g/mol. The molecule has 0 amide bonds. The van der Waals surface area contributed by atoms with Crippen LogP contribution in [0, 0.1) is 0 Å². The molecule has 0 aliphatic carbocycles. The first kappa shape index (κ1) is 31.6. The van der Waals surface area contributed by atoms with Gasteiger partial charge in [-0.1, -0.05) is 109 Å². The summed E-state index contributed by atoms with van der Waals surface area (Å²) in [7, 11) is 0. The largest absolute Gasteiger partial charge is 0.309 e. The highest BCUT2D eigenvalue weighted by Crippen LogP contribution is 2.46. The van der Waals surface area contributed by atoms with Crippen molar-refractivity contribution in [2.24, 2.45) is 0 Å². The predicted octanol–water partition coefficient (Wildman–Crippen LogP) is 13.6. The van der Waals surface area contributed by atoms with Gasteiger partial charge < -0.3 is 4.90 Å². The average Bonchev–Trinajstić information content (AvgIpc) is 3.28. The minimum absolute atomic E-state index is 0.878. The molecule has 0 aliphatic heterocycles. The fraction of sp³-hybridized carbons (Fsp3) is 0. The van der Waals surface area contributed by atoms with Gasteiger partial charge in [0.1, 0.15) is 0 Å². The first-order valence-electron chi connectivity index (χ1n) is 19.2. The van der Waals surface area contributed by atoms with Gasteiger partial charge in [-0.2, -0.15) is 0 Å². The van der Waals surface area contributed by atoms with Gasteiger partial charge in [-0.3, -0.25) is 9.97 Å². The SMILES string of the molecule is c1ccc(N(c2cccc3ncccc23)c2ccc3ccc4c(-c5ccc6ccc7ccc(-c8cnc9ccccc9c8)nc7c6n5)ccc5ccc2c3c54)cc1. The van der Waals surface area contributed by atoms with Crippen molar-refractivity contribution in [1.29, 1.82) is 0 Å². The summed E-state index contributed by atoms with van der Waals surface area (Å²) >= 11 is 0. The molecule has 8 aromatic carbocycles. The van der Waals surface area contributed by atoms with Gasteiger partial charge in [-0.05, 0) is 93.7 Å². The fourth-order valence-electron chi connectivity index (χ4n) is 8.76. The van der Waals surface area contributed by atoms with Gasteiger partial charge in [0.05, 0.1) is 44.8 Å². The molecular formula is C52H31N5. The Bertz CT molecular complexity index is 3540. The molecule has 0 radical (unpaired) electrons. The van der Waals surface area contributed by atoms with E-state index in [1.807, 2.05) is 36.7 Å². The van der Waals surface area contributed by atoms with Crippen LogP contribution in [-0.2, 0) is 0 Å². The van der Waals surface area contributed by atoms with Crippen LogP contribution in [0.2, 0.25) is 0 Å². The van der Waals surface area contributed by atoms with Crippen LogP contribution in [0.4, 0.5) is 17.1 Å². The summed E-state index contributed by atoms with van der Waals surface area (Å²) in [5, 5.41) is 11.5. The van der Waals surface area contributed by atoms with Crippen molar-refractivity contribution in [3.05, 3.63) is 188 Å². The molecule has 0 spiro atoms. The second-order valence-electron chi connectivity index (χ2n) is 14.7. The molecule has 0 fully saturated rings. The zero-order valence-corrected chi connectivity index (χ0v) is 30.6. The Labute approximate surface area is 327 Å². The molecule has 0 bridgehead atoms. The van der Waals surface area contributed by atoms with Crippen LogP contribution in [0.1, 0.15) is 0 Å². The molecule has 0 atom stereocenters. The van der Waals surface area contributed by atoms with E-state index < -0.39 is 0 Å². The maximum absolute atomic E-state index is 5.40. The number of anilines is 3. The molecule has 4 heterocycles. The molecule has 57 heavy (non-hydrogen) atoms. The van der Waals surface area contributed by atoms with Crippen molar-refractivity contribution >= 4 is 93.0 Å². The summed E-state index contributed by atoms with van der Waals surface area (Å²) in [5.74, 6) is 0. The molecule has 5 heteroatoms. The molecule has 0 N–H and O–H groups in total. The third-order valence-corrected chi connectivity index (χ3v) is 11.4. The number of para-hydroxylation sites is 2. The predicted molar refractivity (Wildman–Crippen MR) is 237 cm³/mol. The Morgan fingerprint density at radius 1 is 0.386 bits per heavy atom. The Morgan fingerprint density at radius 2 is 1.04 bits per heavy atom. The maximum atomic E-state index is 5.40. The second-order valence-corrected chi connectivity index (χ2v) is 14.7. The van der Waals surface area contributed by atoms with Gasteiger partial charge in [0.15, 0.2) is 0 Å². The lowest BCUT2D eigenvalue weighted by Crippen LogP contribution is -2.11. The molecule has 5 nitrogen and oxygen atoms in total. The molecule has 264 valence electrons. The average molecular weight is 726 g/mol. The molecule has 4 aromatic heterocycles. The van der Waals surface area contributed by atoms with E-state index in [1.165, 1.54) is 32.3 Å². The number of aromatic nitrogens is 4. The van der Waals surface area contributed by atoms with Crippen molar-refractivity contribution in [1.82, 2.24) is 19.9 Å². The number of rotatable bonds is 5. The van der Waals surface area contributed by atoms with E-state index in [9.17, 15) is 0 Å². The first-order chi connectivity index (χ1) is 28.2. The summed E-state index contributed by atoms with van der Waals surface area (Å²) in [6.07, 6.45) is 3.77. The van der Waals surface area contributed by atoms with Crippen molar-refractivity contribution in [2.75, 3.05) is 4.90 Å². The minimum atomic E-state index is 0.878. The van der Waals surface area contributed by atoms with Crippen LogP contribution in [0.3, 0.4) is 0 Å². The maximum Gasteiger partial charge on any atom is 0.0972 e. The highest BCUT2D eigenvalue weighted by atomic mass is 15.1. The number of fused-ring (bicyclic) bond motifs is 5. The molecule has 12 rings (SSSR count). The van der Waals surface area contributed by atoms with Gasteiger partial charge in [0, 0.05) is 56.1 Å². The summed E-state index contributed by atoms with van der Waals surface area (Å²) in [6.45, 7) is 0. The van der Waals surface area contributed by atoms with Gasteiger partial charge in [0.2, 0.25) is 0 Å². The molecule has 0 saturated carbocycles. The fourth-order valence-corrected chi connectivity index (χ4v) is 8.76. The summed E-state index contributed by atoms with van der Waals surface area (Å²) in [5.41, 5.74) is 10.9. The van der Waals surface area contributed by atoms with Crippen molar-refractivity contribution in [3.63, 3.8) is 0 Å². The van der Waals surface area contributed by atoms with Crippen LogP contribution in [0.5, 0.6) is 0 Å². The highest BCUT2D eigenvalue weighted by Gasteiger charge is 2.21. The topological polar surface area (TPSA) is 54.8 Å². The van der Waals surface area contributed by atoms with Crippen molar-refractivity contribution < 1.29 is 0 Å². The zero-order valence-electron chi connectivity index (χ0n) is 30.6. The standard InChI is InChI=1S/C52H31N5/c1-2-9-38(10-3-1)57(47-14-6-13-45-41(47)11-7-29-53-45)48-28-22-33-18-24-40-39(23-17-32-19-25-42(48)50(33)49(32)40)46-27-21-35-16-15-34-20-26-44(55-51(34)52(35)56-46)37-30-36-8-4-5-12-43(36)54-31-37/h1-31H. The van der Waals surface area contributed by atoms with E-state index in [-0.39, 0.29) is 0 Å². The van der Waals surface area contributed by atoms with Crippen LogP contribution in [0.15, 0.2) is 188 Å². The smallest absolute Gasteiger partial charge is 0.0972 e. The lowest BCUT2D eigenvalue weighted by Gasteiger charge is -2.28. The van der Waals surface area contributed by atoms with E-state index in [4.69, 9.17) is 19.9 Å². The van der Waals surface area contributed by atoms with Gasteiger partial charge in [0.25, 0.3) is 0 Å². The Balaban J connectivity index is 1.05. The molecule has 12 aromatic rings. The van der Waals surface area contributed by atoms with Crippen LogP contribution in [0.25, 0.3) is 98.4 Å². The molecule has 0 unspecified atom stereocenters. The number of benzene rings is 8. The minimum Gasteiger partial charge on any atom is -0.309 e. The molecule has 0 saturated heterocycles. The summed E-state index contributed by atoms with van der Waals surface area (Å²) in [6, 6.07) is 62.4. The van der Waals surface area contributed by atoms with Gasteiger partial charge in [-0.15, -0.1) is 0 Å². The first-order valence-corrected chi connectivity index (χ1v) is 19.2. The lowest BCUT2D eigenvalue weighted by atomic mass is 9.90. The summed E-state index contributed by atoms with van der Waals surface area (Å²) in [4.78, 5) is 22.4. The van der Waals surface area contributed by atoms with Crippen LogP contribution < -0.4 is 4.90 Å². The van der Waals surface area contributed by atoms with Gasteiger partial charge >= 0.3 is 0 Å². The lowest BCUT2D eigenvalue weighted by molar-refractivity contribution is 1.31. The van der Waals surface area contributed by atoms with Gasteiger partial charge in [-0.25, -0.2) is 9.97 Å². The zero-order chi connectivity index (χ0) is 37.5. The van der Waals surface area contributed by atoms with E-state index >= 15 is 0 Å². The number of hydrogen-bond donors (Lipinski definition) is 0. The number of nitrogens with zero attached hydrogens (tertiary/aromatic N) is 5. The Kier molecular flexibility index (Phi) is 6.86. The van der Waals surface area contributed by atoms with Crippen LogP contribution >= 0.6 is 0 Å². The van der Waals surface area contributed by atoms with Crippen LogP contribution in [-0.4, -0.2) is 19.9 Å². The normalized spacial score (nSPS) is 11.9. The summed E-state index contributed by atoms with van der Waals surface area (Å²) < 4.78 is 0. The Morgan fingerprint density at radius 3 is 1.89 bits per heavy atom.